The van der Waals surface area contributed by atoms with Crippen molar-refractivity contribution < 1.29 is 0 Å². The Morgan fingerprint density at radius 1 is 1.40 bits per heavy atom. The summed E-state index contributed by atoms with van der Waals surface area (Å²) in [6, 6.07) is 0.724. The van der Waals surface area contributed by atoms with Crippen LogP contribution in [0.4, 0.5) is 0 Å². The van der Waals surface area contributed by atoms with Crippen molar-refractivity contribution in [2.24, 2.45) is 0 Å². The van der Waals surface area contributed by atoms with Crippen molar-refractivity contribution in [1.82, 2.24) is 15.3 Å². The number of hydrogen-bond donors (Lipinski definition) is 2. The number of imidazole rings is 1. The van der Waals surface area contributed by atoms with Gasteiger partial charge < -0.3 is 10.3 Å². The number of nitrogens with one attached hydrogen (secondary N) is 2. The molecular formula is C12H21N3. The molecule has 1 heterocycles. The first-order valence-electron chi connectivity index (χ1n) is 6.04. The molecule has 1 aliphatic carbocycles. The van der Waals surface area contributed by atoms with Gasteiger partial charge in [-0.15, -0.1) is 0 Å². The summed E-state index contributed by atoms with van der Waals surface area (Å²) in [5.41, 5.74) is 1.26. The van der Waals surface area contributed by atoms with Gasteiger partial charge in [-0.05, 0) is 39.2 Å². The van der Waals surface area contributed by atoms with Crippen LogP contribution >= 0.6 is 0 Å². The van der Waals surface area contributed by atoms with Crippen molar-refractivity contribution in [2.45, 2.75) is 51.0 Å². The molecule has 2 N–H and O–H groups in total. The first-order chi connectivity index (χ1) is 7.33. The normalized spacial score (nSPS) is 26.8. The zero-order valence-corrected chi connectivity index (χ0v) is 9.71. The minimum Gasteiger partial charge on any atom is -0.346 e. The highest BCUT2D eigenvalue weighted by Crippen LogP contribution is 2.31. The molecule has 1 fully saturated rings. The molecule has 0 spiro atoms. The maximum absolute atomic E-state index is 4.49. The van der Waals surface area contributed by atoms with Crippen LogP contribution in [0, 0.1) is 0 Å². The molecule has 0 unspecified atom stereocenters. The zero-order chi connectivity index (χ0) is 10.7. The molecule has 1 aliphatic rings. The van der Waals surface area contributed by atoms with Crippen molar-refractivity contribution in [3.8, 4) is 0 Å². The van der Waals surface area contributed by atoms with Crippen LogP contribution in [0.25, 0.3) is 0 Å². The number of aryl methyl sites for hydroxylation is 1. The summed E-state index contributed by atoms with van der Waals surface area (Å²) >= 11 is 0. The van der Waals surface area contributed by atoms with Gasteiger partial charge in [0.2, 0.25) is 0 Å². The van der Waals surface area contributed by atoms with Gasteiger partial charge in [-0.3, -0.25) is 0 Å². The maximum Gasteiger partial charge on any atom is 0.109 e. The molecule has 0 radical (unpaired) electrons. The Hall–Kier alpha value is -0.830. The largest absolute Gasteiger partial charge is 0.346 e. The van der Waals surface area contributed by atoms with Gasteiger partial charge in [0.1, 0.15) is 5.82 Å². The average Bonchev–Trinajstić information content (AvgIpc) is 2.78. The van der Waals surface area contributed by atoms with Gasteiger partial charge in [0.05, 0.1) is 0 Å². The average molecular weight is 207 g/mol. The van der Waals surface area contributed by atoms with E-state index in [4.69, 9.17) is 0 Å². The Bertz CT molecular complexity index is 298. The third-order valence-electron chi connectivity index (χ3n) is 3.55. The van der Waals surface area contributed by atoms with Gasteiger partial charge in [-0.2, -0.15) is 0 Å². The zero-order valence-electron chi connectivity index (χ0n) is 9.71. The third kappa shape index (κ3) is 2.40. The molecule has 0 amide bonds. The minimum absolute atomic E-state index is 0.662. The predicted molar refractivity (Wildman–Crippen MR) is 62.0 cm³/mol. The highest BCUT2D eigenvalue weighted by molar-refractivity contribution is 5.06. The van der Waals surface area contributed by atoms with Crippen molar-refractivity contribution in [3.05, 3.63) is 17.7 Å². The summed E-state index contributed by atoms with van der Waals surface area (Å²) in [7, 11) is 2.06. The van der Waals surface area contributed by atoms with Crippen molar-refractivity contribution in [2.75, 3.05) is 7.05 Å². The lowest BCUT2D eigenvalue weighted by Crippen LogP contribution is -2.29. The Morgan fingerprint density at radius 2 is 2.13 bits per heavy atom. The van der Waals surface area contributed by atoms with Gasteiger partial charge in [0.15, 0.2) is 0 Å². The van der Waals surface area contributed by atoms with Crippen LogP contribution in [0.15, 0.2) is 6.20 Å². The van der Waals surface area contributed by atoms with Crippen LogP contribution in [0.1, 0.15) is 50.0 Å². The summed E-state index contributed by atoms with van der Waals surface area (Å²) in [4.78, 5) is 7.92. The number of nitrogens with zero attached hydrogens (tertiary/aromatic N) is 1. The van der Waals surface area contributed by atoms with Crippen molar-refractivity contribution in [1.29, 1.82) is 0 Å². The molecule has 2 rings (SSSR count). The van der Waals surface area contributed by atoms with Crippen LogP contribution in [0.5, 0.6) is 0 Å². The van der Waals surface area contributed by atoms with Crippen LogP contribution < -0.4 is 5.32 Å². The quantitative estimate of drug-likeness (QED) is 0.798. The Kier molecular flexibility index (Phi) is 3.41. The Balaban J connectivity index is 1.95. The number of H-pyrrole nitrogens is 1. The first kappa shape index (κ1) is 10.7. The summed E-state index contributed by atoms with van der Waals surface area (Å²) < 4.78 is 0. The van der Waals surface area contributed by atoms with Crippen molar-refractivity contribution >= 4 is 0 Å². The molecular weight excluding hydrogens is 186 g/mol. The fourth-order valence-electron chi connectivity index (χ4n) is 2.42. The smallest absolute Gasteiger partial charge is 0.109 e. The number of aromatic nitrogens is 2. The molecule has 15 heavy (non-hydrogen) atoms. The molecule has 0 atom stereocenters. The van der Waals surface area contributed by atoms with Gasteiger partial charge in [0.25, 0.3) is 0 Å². The van der Waals surface area contributed by atoms with E-state index < -0.39 is 0 Å². The lowest BCUT2D eigenvalue weighted by Gasteiger charge is -2.26. The lowest BCUT2D eigenvalue weighted by atomic mass is 9.86. The second kappa shape index (κ2) is 4.79. The second-order valence-corrected chi connectivity index (χ2v) is 4.48. The van der Waals surface area contributed by atoms with E-state index in [0.29, 0.717) is 5.92 Å². The number of hydrogen-bond acceptors (Lipinski definition) is 2. The molecule has 0 saturated heterocycles. The summed E-state index contributed by atoms with van der Waals surface area (Å²) in [6.45, 7) is 2.16. The molecule has 3 nitrogen and oxygen atoms in total. The van der Waals surface area contributed by atoms with Crippen molar-refractivity contribution in [3.63, 3.8) is 0 Å². The fourth-order valence-corrected chi connectivity index (χ4v) is 2.42. The fraction of sp³-hybridized carbons (Fsp3) is 0.750. The highest BCUT2D eigenvalue weighted by atomic mass is 14.9. The summed E-state index contributed by atoms with van der Waals surface area (Å²) in [5.74, 6) is 1.87. The van der Waals surface area contributed by atoms with Crippen LogP contribution in [-0.2, 0) is 6.42 Å². The highest BCUT2D eigenvalue weighted by Gasteiger charge is 2.22. The lowest BCUT2D eigenvalue weighted by molar-refractivity contribution is 0.351. The molecule has 1 aromatic rings. The third-order valence-corrected chi connectivity index (χ3v) is 3.55. The molecule has 0 aliphatic heterocycles. The van der Waals surface area contributed by atoms with E-state index in [-0.39, 0.29) is 0 Å². The molecule has 0 bridgehead atoms. The van der Waals surface area contributed by atoms with E-state index in [2.05, 4.69) is 29.3 Å². The van der Waals surface area contributed by atoms with Crippen LogP contribution in [0.3, 0.4) is 0 Å². The van der Waals surface area contributed by atoms with Gasteiger partial charge in [-0.1, -0.05) is 6.92 Å². The monoisotopic (exact) mass is 207 g/mol. The topological polar surface area (TPSA) is 40.7 Å². The van der Waals surface area contributed by atoms with E-state index in [0.717, 1.165) is 12.5 Å². The second-order valence-electron chi connectivity index (χ2n) is 4.48. The van der Waals surface area contributed by atoms with E-state index in [1.807, 2.05) is 6.20 Å². The number of aromatic amines is 1. The van der Waals surface area contributed by atoms with E-state index >= 15 is 0 Å². The SMILES string of the molecule is CCc1cnc(C2CCC(NC)CC2)[nH]1. The van der Waals surface area contributed by atoms with Gasteiger partial charge in [0, 0.05) is 23.9 Å². The van der Waals surface area contributed by atoms with E-state index in [1.54, 1.807) is 0 Å². The van der Waals surface area contributed by atoms with E-state index in [9.17, 15) is 0 Å². The number of rotatable bonds is 3. The Labute approximate surface area is 91.7 Å². The Morgan fingerprint density at radius 3 is 2.67 bits per heavy atom. The predicted octanol–water partition coefficient (Wildman–Crippen LogP) is 2.22. The maximum atomic E-state index is 4.49. The van der Waals surface area contributed by atoms with E-state index in [1.165, 1.54) is 37.2 Å². The molecule has 1 aromatic heterocycles. The molecule has 0 aromatic carbocycles. The first-order valence-corrected chi connectivity index (χ1v) is 6.04. The van der Waals surface area contributed by atoms with Gasteiger partial charge >= 0.3 is 0 Å². The molecule has 3 heteroatoms. The summed E-state index contributed by atoms with van der Waals surface area (Å²) in [5, 5.41) is 3.36. The van der Waals surface area contributed by atoms with Crippen LogP contribution in [0.2, 0.25) is 0 Å². The standard InChI is InChI=1S/C12H21N3/c1-3-10-8-14-12(15-10)9-4-6-11(13-2)7-5-9/h8-9,11,13H,3-7H2,1-2H3,(H,14,15). The van der Waals surface area contributed by atoms with Gasteiger partial charge in [-0.25, -0.2) is 4.98 Å². The van der Waals surface area contributed by atoms with Crippen LogP contribution in [-0.4, -0.2) is 23.1 Å². The summed E-state index contributed by atoms with van der Waals surface area (Å²) in [6.07, 6.45) is 8.13. The molecule has 1 saturated carbocycles. The minimum atomic E-state index is 0.662. The molecule has 84 valence electrons.